The van der Waals surface area contributed by atoms with Gasteiger partial charge in [0.2, 0.25) is 11.8 Å². The average Bonchev–Trinajstić information content (AvgIpc) is 3.26. The van der Waals surface area contributed by atoms with Crippen LogP contribution in [0.5, 0.6) is 0 Å². The van der Waals surface area contributed by atoms with Crippen LogP contribution >= 0.6 is 11.8 Å². The van der Waals surface area contributed by atoms with Crippen LogP contribution in [0.4, 0.5) is 11.4 Å². The van der Waals surface area contributed by atoms with Crippen LogP contribution in [0, 0.1) is 0 Å². The fraction of sp³-hybridized carbons (Fsp3) is 0.500. The van der Waals surface area contributed by atoms with Gasteiger partial charge in [-0.3, -0.25) is 14.2 Å². The standard InChI is InChI=1S/C24H33N5O3S/c1-4-28(5-2)13-8-14-29-21-12-7-11-20(21)23(27-24(29)32)33-16-22(31)26-19-10-6-9-18(15-19)25-17(3)30/h6,9-10,15H,4-5,7-8,11-14,16H2,1-3H3,(H,25,30)(H,26,31). The number of fused-ring (bicyclic) bond motifs is 1. The first-order valence-electron chi connectivity index (χ1n) is 11.6. The Labute approximate surface area is 199 Å². The molecule has 0 fully saturated rings. The molecular formula is C24H33N5O3S. The molecule has 178 valence electrons. The van der Waals surface area contributed by atoms with E-state index in [9.17, 15) is 14.4 Å². The molecule has 0 saturated heterocycles. The minimum atomic E-state index is -0.221. The van der Waals surface area contributed by atoms with Crippen molar-refractivity contribution in [2.45, 2.75) is 58.0 Å². The smallest absolute Gasteiger partial charge is 0.326 e. The Morgan fingerprint density at radius 2 is 1.88 bits per heavy atom. The number of nitrogens with zero attached hydrogens (tertiary/aromatic N) is 3. The van der Waals surface area contributed by atoms with Crippen molar-refractivity contribution in [2.75, 3.05) is 36.0 Å². The number of hydrogen-bond donors (Lipinski definition) is 2. The third kappa shape index (κ3) is 6.91. The van der Waals surface area contributed by atoms with Crippen LogP contribution in [-0.4, -0.2) is 51.7 Å². The summed E-state index contributed by atoms with van der Waals surface area (Å²) in [5.41, 5.74) is 3.20. The van der Waals surface area contributed by atoms with Crippen LogP contribution in [0.3, 0.4) is 0 Å². The number of aromatic nitrogens is 2. The van der Waals surface area contributed by atoms with Gasteiger partial charge >= 0.3 is 5.69 Å². The summed E-state index contributed by atoms with van der Waals surface area (Å²) in [4.78, 5) is 43.2. The molecule has 0 unspecified atom stereocenters. The molecule has 33 heavy (non-hydrogen) atoms. The Balaban J connectivity index is 1.63. The Bertz CT molecular complexity index is 1050. The molecule has 2 amide bonds. The first-order valence-corrected chi connectivity index (χ1v) is 12.5. The summed E-state index contributed by atoms with van der Waals surface area (Å²) < 4.78 is 1.84. The summed E-state index contributed by atoms with van der Waals surface area (Å²) >= 11 is 1.31. The van der Waals surface area contributed by atoms with Crippen molar-refractivity contribution in [3.05, 3.63) is 46.0 Å². The predicted molar refractivity (Wildman–Crippen MR) is 133 cm³/mol. The highest BCUT2D eigenvalue weighted by Gasteiger charge is 2.22. The predicted octanol–water partition coefficient (Wildman–Crippen LogP) is 3.15. The van der Waals surface area contributed by atoms with Gasteiger partial charge in [0.15, 0.2) is 0 Å². The second-order valence-electron chi connectivity index (χ2n) is 8.11. The van der Waals surface area contributed by atoms with E-state index in [0.29, 0.717) is 22.9 Å². The summed E-state index contributed by atoms with van der Waals surface area (Å²) in [6.45, 7) is 9.41. The van der Waals surface area contributed by atoms with E-state index in [1.54, 1.807) is 24.3 Å². The highest BCUT2D eigenvalue weighted by atomic mass is 32.2. The van der Waals surface area contributed by atoms with Crippen LogP contribution in [-0.2, 0) is 29.0 Å². The fourth-order valence-electron chi connectivity index (χ4n) is 4.14. The van der Waals surface area contributed by atoms with Crippen molar-refractivity contribution in [3.8, 4) is 0 Å². The lowest BCUT2D eigenvalue weighted by Gasteiger charge is -2.19. The first kappa shape index (κ1) is 25.0. The highest BCUT2D eigenvalue weighted by Crippen LogP contribution is 2.29. The first-order chi connectivity index (χ1) is 15.9. The number of rotatable bonds is 11. The molecule has 2 N–H and O–H groups in total. The lowest BCUT2D eigenvalue weighted by molar-refractivity contribution is -0.114. The largest absolute Gasteiger partial charge is 0.348 e. The van der Waals surface area contributed by atoms with Gasteiger partial charge in [0, 0.05) is 36.1 Å². The number of carbonyl (C=O) groups excluding carboxylic acids is 2. The number of thioether (sulfide) groups is 1. The fourth-order valence-corrected chi connectivity index (χ4v) is 5.01. The summed E-state index contributed by atoms with van der Waals surface area (Å²) in [7, 11) is 0. The molecule has 9 heteroatoms. The van der Waals surface area contributed by atoms with E-state index < -0.39 is 0 Å². The van der Waals surface area contributed by atoms with Crippen molar-refractivity contribution < 1.29 is 9.59 Å². The zero-order chi connectivity index (χ0) is 23.8. The van der Waals surface area contributed by atoms with Crippen molar-refractivity contribution in [2.24, 2.45) is 0 Å². The van der Waals surface area contributed by atoms with E-state index in [0.717, 1.165) is 56.6 Å². The average molecular weight is 472 g/mol. The Morgan fingerprint density at radius 1 is 1.15 bits per heavy atom. The maximum absolute atomic E-state index is 12.8. The third-order valence-electron chi connectivity index (χ3n) is 5.76. The Hall–Kier alpha value is -2.65. The summed E-state index contributed by atoms with van der Waals surface area (Å²) in [6, 6.07) is 7.00. The zero-order valence-electron chi connectivity index (χ0n) is 19.6. The molecule has 0 bridgehead atoms. The second-order valence-corrected chi connectivity index (χ2v) is 9.07. The summed E-state index contributed by atoms with van der Waals surface area (Å²) in [6.07, 6.45) is 3.70. The third-order valence-corrected chi connectivity index (χ3v) is 6.78. The molecule has 0 aliphatic heterocycles. The molecule has 0 saturated carbocycles. The monoisotopic (exact) mass is 471 g/mol. The Kier molecular flexibility index (Phi) is 9.08. The van der Waals surface area contributed by atoms with E-state index in [-0.39, 0.29) is 23.3 Å². The van der Waals surface area contributed by atoms with E-state index in [2.05, 4.69) is 34.4 Å². The van der Waals surface area contributed by atoms with Crippen LogP contribution in [0.15, 0.2) is 34.1 Å². The van der Waals surface area contributed by atoms with Crippen LogP contribution in [0.2, 0.25) is 0 Å². The van der Waals surface area contributed by atoms with Gasteiger partial charge in [-0.05, 0) is 63.5 Å². The maximum atomic E-state index is 12.8. The lowest BCUT2D eigenvalue weighted by atomic mass is 10.2. The number of benzene rings is 1. The lowest BCUT2D eigenvalue weighted by Crippen LogP contribution is -2.30. The molecule has 2 aromatic rings. The van der Waals surface area contributed by atoms with Crippen LogP contribution in [0.1, 0.15) is 44.9 Å². The summed E-state index contributed by atoms with van der Waals surface area (Å²) in [5, 5.41) is 6.22. The molecule has 1 aromatic carbocycles. The van der Waals surface area contributed by atoms with E-state index in [1.807, 2.05) is 4.57 Å². The molecule has 8 nitrogen and oxygen atoms in total. The van der Waals surface area contributed by atoms with Crippen LogP contribution in [0.25, 0.3) is 0 Å². The Morgan fingerprint density at radius 3 is 2.58 bits per heavy atom. The van der Waals surface area contributed by atoms with Gasteiger partial charge in [-0.1, -0.05) is 31.7 Å². The minimum Gasteiger partial charge on any atom is -0.326 e. The van der Waals surface area contributed by atoms with Gasteiger partial charge in [-0.15, -0.1) is 0 Å². The van der Waals surface area contributed by atoms with Gasteiger partial charge in [-0.2, -0.15) is 4.98 Å². The highest BCUT2D eigenvalue weighted by molar-refractivity contribution is 8.00. The molecule has 0 radical (unpaired) electrons. The quantitative estimate of drug-likeness (QED) is 0.386. The molecule has 0 spiro atoms. The maximum Gasteiger partial charge on any atom is 0.348 e. The number of amides is 2. The van der Waals surface area contributed by atoms with Gasteiger partial charge in [0.05, 0.1) is 5.75 Å². The molecule has 1 aliphatic rings. The molecule has 1 heterocycles. The van der Waals surface area contributed by atoms with Gasteiger partial charge in [-0.25, -0.2) is 4.79 Å². The topological polar surface area (TPSA) is 96.3 Å². The second kappa shape index (κ2) is 12.0. The van der Waals surface area contributed by atoms with E-state index >= 15 is 0 Å². The molecular weight excluding hydrogens is 438 g/mol. The number of hydrogen-bond acceptors (Lipinski definition) is 6. The molecule has 0 atom stereocenters. The van der Waals surface area contributed by atoms with Crippen molar-refractivity contribution in [1.82, 2.24) is 14.5 Å². The van der Waals surface area contributed by atoms with Crippen molar-refractivity contribution in [3.63, 3.8) is 0 Å². The SMILES string of the molecule is CCN(CC)CCCn1c2c(c(SCC(=O)Nc3cccc(NC(C)=O)c3)nc1=O)CCC2. The minimum absolute atomic E-state index is 0.162. The van der Waals surface area contributed by atoms with E-state index in [4.69, 9.17) is 0 Å². The van der Waals surface area contributed by atoms with Crippen molar-refractivity contribution in [1.29, 1.82) is 0 Å². The van der Waals surface area contributed by atoms with E-state index in [1.165, 1.54) is 18.7 Å². The normalized spacial score (nSPS) is 12.6. The van der Waals surface area contributed by atoms with Crippen molar-refractivity contribution >= 4 is 35.0 Å². The molecule has 1 aromatic heterocycles. The summed E-state index contributed by atoms with van der Waals surface area (Å²) in [5.74, 6) is -0.191. The van der Waals surface area contributed by atoms with Gasteiger partial charge in [0.1, 0.15) is 5.03 Å². The number of carbonyl (C=O) groups is 2. The molecule has 3 rings (SSSR count). The van der Waals surface area contributed by atoms with Gasteiger partial charge < -0.3 is 15.5 Å². The molecule has 1 aliphatic carbocycles. The van der Waals surface area contributed by atoms with Gasteiger partial charge in [0.25, 0.3) is 0 Å². The zero-order valence-corrected chi connectivity index (χ0v) is 20.5. The number of nitrogens with one attached hydrogen (secondary N) is 2. The van der Waals surface area contributed by atoms with Crippen LogP contribution < -0.4 is 16.3 Å². The number of anilines is 2.